The van der Waals surface area contributed by atoms with Crippen LogP contribution in [0.1, 0.15) is 290 Å². The number of rotatable bonds is 45. The van der Waals surface area contributed by atoms with Crippen LogP contribution in [0.25, 0.3) is 0 Å². The second kappa shape index (κ2) is 47.0. The molecule has 3 nitrogen and oxygen atoms in total. The standard InChI is InChI=1S/C52H98O3/c1-4-5-6-7-8-9-10-11-26-30-33-36-39-42-45-48-51(53)55-52(54)49-46-43-40-37-34-31-28-25-23-21-19-17-15-13-12-14-16-18-20-22-24-27-29-32-35-38-41-44-47-50(2)3/h19,21,25,28,50H,4-18,20,22-24,26-27,29-49H2,1-3H3/b21-19-,28-25-. The van der Waals surface area contributed by atoms with Crippen LogP contribution in [0, 0.1) is 5.92 Å². The highest BCUT2D eigenvalue weighted by Gasteiger charge is 2.10. The van der Waals surface area contributed by atoms with Crippen molar-refractivity contribution in [2.24, 2.45) is 5.92 Å². The van der Waals surface area contributed by atoms with Crippen LogP contribution in [-0.2, 0) is 14.3 Å². The van der Waals surface area contributed by atoms with E-state index in [4.69, 9.17) is 4.74 Å². The SMILES string of the molecule is CCCCCCCCCCCCCCCCCC(=O)OC(=O)CCCCCCC/C=C\C/C=C\CCCCCCCCCCCCCCCCCCC(C)C. The Kier molecular flexibility index (Phi) is 45.8. The Morgan fingerprint density at radius 3 is 0.945 bits per heavy atom. The van der Waals surface area contributed by atoms with Crippen molar-refractivity contribution in [3.63, 3.8) is 0 Å². The molecule has 0 saturated heterocycles. The van der Waals surface area contributed by atoms with Gasteiger partial charge in [-0.05, 0) is 50.9 Å². The van der Waals surface area contributed by atoms with E-state index in [9.17, 15) is 9.59 Å². The van der Waals surface area contributed by atoms with E-state index in [1.54, 1.807) is 0 Å². The fourth-order valence-corrected chi connectivity index (χ4v) is 7.73. The number of carbonyl (C=O) groups excluding carboxylic acids is 2. The molecule has 0 heterocycles. The predicted octanol–water partition coefficient (Wildman–Crippen LogP) is 18.2. The Hall–Kier alpha value is -1.38. The molecular formula is C52H98O3. The fraction of sp³-hybridized carbons (Fsp3) is 0.885. The van der Waals surface area contributed by atoms with Crippen LogP contribution < -0.4 is 0 Å². The number of hydrogen-bond acceptors (Lipinski definition) is 3. The second-order valence-electron chi connectivity index (χ2n) is 17.7. The van der Waals surface area contributed by atoms with E-state index in [1.807, 2.05) is 0 Å². The molecule has 0 radical (unpaired) electrons. The minimum atomic E-state index is -0.336. The predicted molar refractivity (Wildman–Crippen MR) is 244 cm³/mol. The lowest BCUT2D eigenvalue weighted by molar-refractivity contribution is -0.159. The van der Waals surface area contributed by atoms with Gasteiger partial charge in [-0.1, -0.05) is 257 Å². The zero-order valence-corrected chi connectivity index (χ0v) is 37.8. The third kappa shape index (κ3) is 48.7. The molecule has 0 aromatic rings. The van der Waals surface area contributed by atoms with Crippen molar-refractivity contribution in [2.45, 2.75) is 290 Å². The molecule has 0 N–H and O–H groups in total. The maximum absolute atomic E-state index is 12.0. The monoisotopic (exact) mass is 771 g/mol. The van der Waals surface area contributed by atoms with Crippen molar-refractivity contribution in [3.8, 4) is 0 Å². The lowest BCUT2D eigenvalue weighted by Crippen LogP contribution is -2.11. The summed E-state index contributed by atoms with van der Waals surface area (Å²) in [5.41, 5.74) is 0. The van der Waals surface area contributed by atoms with E-state index in [-0.39, 0.29) is 11.9 Å². The lowest BCUT2D eigenvalue weighted by atomic mass is 10.0. The van der Waals surface area contributed by atoms with Gasteiger partial charge in [0.05, 0.1) is 0 Å². The van der Waals surface area contributed by atoms with Crippen molar-refractivity contribution < 1.29 is 14.3 Å². The summed E-state index contributed by atoms with van der Waals surface area (Å²) in [6.07, 6.45) is 62.9. The highest BCUT2D eigenvalue weighted by molar-refractivity contribution is 5.85. The van der Waals surface area contributed by atoms with Crippen LogP contribution in [0.3, 0.4) is 0 Å². The molecule has 0 aliphatic heterocycles. The maximum atomic E-state index is 12.0. The summed E-state index contributed by atoms with van der Waals surface area (Å²) in [4.78, 5) is 24.0. The molecule has 0 saturated carbocycles. The van der Waals surface area contributed by atoms with Gasteiger partial charge in [-0.15, -0.1) is 0 Å². The van der Waals surface area contributed by atoms with Crippen molar-refractivity contribution in [1.29, 1.82) is 0 Å². The average molecular weight is 771 g/mol. The minimum Gasteiger partial charge on any atom is -0.393 e. The van der Waals surface area contributed by atoms with Crippen molar-refractivity contribution >= 4 is 11.9 Å². The Morgan fingerprint density at radius 2 is 0.636 bits per heavy atom. The molecule has 0 amide bonds. The summed E-state index contributed by atoms with van der Waals surface area (Å²) in [6.45, 7) is 6.96. The lowest BCUT2D eigenvalue weighted by Gasteiger charge is -2.05. The highest BCUT2D eigenvalue weighted by atomic mass is 16.6. The minimum absolute atomic E-state index is 0.332. The van der Waals surface area contributed by atoms with E-state index in [2.05, 4.69) is 45.1 Å². The van der Waals surface area contributed by atoms with Crippen LogP contribution in [0.5, 0.6) is 0 Å². The molecule has 0 aromatic carbocycles. The number of esters is 2. The topological polar surface area (TPSA) is 43.4 Å². The first-order chi connectivity index (χ1) is 27.1. The van der Waals surface area contributed by atoms with Crippen LogP contribution in [-0.4, -0.2) is 11.9 Å². The third-order valence-corrected chi connectivity index (χ3v) is 11.5. The van der Waals surface area contributed by atoms with E-state index in [0.29, 0.717) is 12.8 Å². The van der Waals surface area contributed by atoms with Crippen LogP contribution in [0.4, 0.5) is 0 Å². The molecule has 324 valence electrons. The van der Waals surface area contributed by atoms with Crippen molar-refractivity contribution in [2.75, 3.05) is 0 Å². The van der Waals surface area contributed by atoms with E-state index < -0.39 is 0 Å². The Morgan fingerprint density at radius 1 is 0.364 bits per heavy atom. The van der Waals surface area contributed by atoms with Gasteiger partial charge in [0.25, 0.3) is 0 Å². The molecule has 3 heteroatoms. The first-order valence-corrected chi connectivity index (χ1v) is 25.1. The van der Waals surface area contributed by atoms with Crippen molar-refractivity contribution in [3.05, 3.63) is 24.3 Å². The van der Waals surface area contributed by atoms with Gasteiger partial charge in [0, 0.05) is 12.8 Å². The van der Waals surface area contributed by atoms with Crippen LogP contribution in [0.15, 0.2) is 24.3 Å². The number of unbranched alkanes of at least 4 members (excludes halogenated alkanes) is 35. The normalized spacial score (nSPS) is 11.9. The molecular weight excluding hydrogens is 673 g/mol. The molecule has 0 atom stereocenters. The Balaban J connectivity index is 3.32. The summed E-state index contributed by atoms with van der Waals surface area (Å²) in [7, 11) is 0. The molecule has 0 aliphatic carbocycles. The molecule has 55 heavy (non-hydrogen) atoms. The first-order valence-electron chi connectivity index (χ1n) is 25.1. The van der Waals surface area contributed by atoms with Gasteiger partial charge in [0.15, 0.2) is 0 Å². The Bertz CT molecular complexity index is 827. The number of allylic oxidation sites excluding steroid dienone is 4. The molecule has 0 spiro atoms. The summed E-state index contributed by atoms with van der Waals surface area (Å²) < 4.78 is 5.04. The third-order valence-electron chi connectivity index (χ3n) is 11.5. The zero-order chi connectivity index (χ0) is 40.0. The van der Waals surface area contributed by atoms with Crippen LogP contribution >= 0.6 is 0 Å². The largest absolute Gasteiger partial charge is 0.393 e. The number of carbonyl (C=O) groups is 2. The number of hydrogen-bond donors (Lipinski definition) is 0. The average Bonchev–Trinajstić information content (AvgIpc) is 3.17. The van der Waals surface area contributed by atoms with Gasteiger partial charge in [-0.3, -0.25) is 9.59 Å². The van der Waals surface area contributed by atoms with E-state index >= 15 is 0 Å². The maximum Gasteiger partial charge on any atom is 0.313 e. The molecule has 0 rings (SSSR count). The van der Waals surface area contributed by atoms with E-state index in [0.717, 1.165) is 50.9 Å². The van der Waals surface area contributed by atoms with Gasteiger partial charge in [-0.2, -0.15) is 0 Å². The summed E-state index contributed by atoms with van der Waals surface area (Å²) in [6, 6.07) is 0. The Labute approximate surface area is 345 Å². The zero-order valence-electron chi connectivity index (χ0n) is 37.8. The molecule has 0 unspecified atom stereocenters. The summed E-state index contributed by atoms with van der Waals surface area (Å²) in [5.74, 6) is 0.212. The first kappa shape index (κ1) is 53.6. The summed E-state index contributed by atoms with van der Waals surface area (Å²) >= 11 is 0. The van der Waals surface area contributed by atoms with Crippen LogP contribution in [0.2, 0.25) is 0 Å². The second-order valence-corrected chi connectivity index (χ2v) is 17.7. The molecule has 0 aromatic heterocycles. The number of ether oxygens (including phenoxy) is 1. The van der Waals surface area contributed by atoms with Gasteiger partial charge in [0.1, 0.15) is 0 Å². The van der Waals surface area contributed by atoms with Gasteiger partial charge in [0.2, 0.25) is 0 Å². The molecule has 0 aliphatic rings. The van der Waals surface area contributed by atoms with Crippen molar-refractivity contribution in [1.82, 2.24) is 0 Å². The quantitative estimate of drug-likeness (QED) is 0.0268. The van der Waals surface area contributed by atoms with Gasteiger partial charge < -0.3 is 4.74 Å². The van der Waals surface area contributed by atoms with Gasteiger partial charge >= 0.3 is 11.9 Å². The molecule has 0 bridgehead atoms. The van der Waals surface area contributed by atoms with Gasteiger partial charge in [-0.25, -0.2) is 0 Å². The molecule has 0 fully saturated rings. The fourth-order valence-electron chi connectivity index (χ4n) is 7.73. The summed E-state index contributed by atoms with van der Waals surface area (Å²) in [5, 5.41) is 0. The smallest absolute Gasteiger partial charge is 0.313 e. The highest BCUT2D eigenvalue weighted by Crippen LogP contribution is 2.17. The van der Waals surface area contributed by atoms with E-state index in [1.165, 1.54) is 212 Å².